The molecule has 1 aliphatic heterocycles. The first kappa shape index (κ1) is 14.5. The van der Waals surface area contributed by atoms with Crippen molar-refractivity contribution in [1.82, 2.24) is 4.98 Å². The van der Waals surface area contributed by atoms with E-state index in [9.17, 15) is 4.79 Å². The zero-order valence-electron chi connectivity index (χ0n) is 11.4. The minimum absolute atomic E-state index is 0.186. The molecule has 0 fully saturated rings. The van der Waals surface area contributed by atoms with Gasteiger partial charge in [-0.2, -0.15) is 0 Å². The number of ether oxygens (including phenoxy) is 1. The van der Waals surface area contributed by atoms with Crippen LogP contribution in [0.2, 0.25) is 0 Å². The Bertz CT molecular complexity index is 702. The van der Waals surface area contributed by atoms with Crippen molar-refractivity contribution in [3.63, 3.8) is 0 Å². The summed E-state index contributed by atoms with van der Waals surface area (Å²) in [7, 11) is 0. The summed E-state index contributed by atoms with van der Waals surface area (Å²) in [5.74, 6) is 0.514. The lowest BCUT2D eigenvalue weighted by Crippen LogP contribution is -2.19. The summed E-state index contributed by atoms with van der Waals surface area (Å²) in [6.45, 7) is 2.55. The van der Waals surface area contributed by atoms with Gasteiger partial charge >= 0.3 is 0 Å². The van der Waals surface area contributed by atoms with Gasteiger partial charge in [-0.3, -0.25) is 4.79 Å². The van der Waals surface area contributed by atoms with Crippen molar-refractivity contribution in [2.45, 2.75) is 19.4 Å². The van der Waals surface area contributed by atoms with Gasteiger partial charge in [0, 0.05) is 28.6 Å². The SMILES string of the molecule is Cc1ncsc1CCOc1cc2c(cc1Br)C(N)C(=O)N2. The first-order chi connectivity index (χ1) is 10.1. The number of halogens is 1. The summed E-state index contributed by atoms with van der Waals surface area (Å²) in [5, 5.41) is 2.76. The van der Waals surface area contributed by atoms with Crippen molar-refractivity contribution in [1.29, 1.82) is 0 Å². The van der Waals surface area contributed by atoms with Crippen molar-refractivity contribution in [2.75, 3.05) is 11.9 Å². The van der Waals surface area contributed by atoms with Gasteiger partial charge in [0.25, 0.3) is 0 Å². The molecule has 110 valence electrons. The van der Waals surface area contributed by atoms with Gasteiger partial charge < -0.3 is 15.8 Å². The average Bonchev–Trinajstić information content (AvgIpc) is 2.97. The number of anilines is 1. The molecule has 3 N–H and O–H groups in total. The summed E-state index contributed by atoms with van der Waals surface area (Å²) in [6.07, 6.45) is 0.811. The number of fused-ring (bicyclic) bond motifs is 1. The molecule has 0 bridgehead atoms. The molecule has 1 aliphatic rings. The van der Waals surface area contributed by atoms with Crippen LogP contribution in [0.15, 0.2) is 22.1 Å². The molecule has 1 amide bonds. The molecule has 3 rings (SSSR count). The van der Waals surface area contributed by atoms with Gasteiger partial charge in [-0.1, -0.05) is 0 Å². The van der Waals surface area contributed by atoms with E-state index in [1.54, 1.807) is 11.3 Å². The Hall–Kier alpha value is -1.44. The summed E-state index contributed by atoms with van der Waals surface area (Å²) in [5.41, 5.74) is 10.2. The first-order valence-electron chi connectivity index (χ1n) is 6.48. The van der Waals surface area contributed by atoms with Gasteiger partial charge in [-0.15, -0.1) is 11.3 Å². The number of nitrogens with zero attached hydrogens (tertiary/aromatic N) is 1. The van der Waals surface area contributed by atoms with Gasteiger partial charge in [0.1, 0.15) is 11.8 Å². The lowest BCUT2D eigenvalue weighted by molar-refractivity contribution is -0.116. The van der Waals surface area contributed by atoms with Crippen LogP contribution in [-0.2, 0) is 11.2 Å². The van der Waals surface area contributed by atoms with E-state index in [-0.39, 0.29) is 5.91 Å². The molecule has 2 aromatic rings. The minimum Gasteiger partial charge on any atom is -0.492 e. The molecule has 21 heavy (non-hydrogen) atoms. The van der Waals surface area contributed by atoms with E-state index in [0.717, 1.165) is 27.8 Å². The Balaban J connectivity index is 1.71. The lowest BCUT2D eigenvalue weighted by Gasteiger charge is -2.10. The number of carbonyl (C=O) groups excluding carboxylic acids is 1. The van der Waals surface area contributed by atoms with Crippen molar-refractivity contribution >= 4 is 38.9 Å². The molecule has 1 atom stereocenters. The molecule has 5 nitrogen and oxygen atoms in total. The number of thiazole rings is 1. The zero-order chi connectivity index (χ0) is 15.0. The number of benzene rings is 1. The third-order valence-electron chi connectivity index (χ3n) is 3.41. The Morgan fingerprint density at radius 2 is 2.33 bits per heavy atom. The summed E-state index contributed by atoms with van der Waals surface area (Å²) >= 11 is 5.09. The fourth-order valence-corrected chi connectivity index (χ4v) is 3.45. The number of aromatic nitrogens is 1. The van der Waals surface area contributed by atoms with Crippen LogP contribution in [0, 0.1) is 6.92 Å². The Morgan fingerprint density at radius 1 is 1.52 bits per heavy atom. The van der Waals surface area contributed by atoms with E-state index in [1.165, 1.54) is 4.88 Å². The van der Waals surface area contributed by atoms with Crippen molar-refractivity contribution in [3.05, 3.63) is 38.3 Å². The molecule has 0 saturated carbocycles. The number of hydrogen-bond donors (Lipinski definition) is 2. The van der Waals surface area contributed by atoms with Gasteiger partial charge in [0.2, 0.25) is 5.91 Å². The largest absolute Gasteiger partial charge is 0.492 e. The number of amides is 1. The maximum absolute atomic E-state index is 11.6. The van der Waals surface area contributed by atoms with Crippen LogP contribution in [0.1, 0.15) is 22.2 Å². The highest BCUT2D eigenvalue weighted by Crippen LogP contribution is 2.37. The number of carbonyl (C=O) groups is 1. The highest BCUT2D eigenvalue weighted by molar-refractivity contribution is 9.10. The summed E-state index contributed by atoms with van der Waals surface area (Å²) < 4.78 is 6.60. The fourth-order valence-electron chi connectivity index (χ4n) is 2.22. The Morgan fingerprint density at radius 3 is 3.05 bits per heavy atom. The maximum atomic E-state index is 11.6. The molecule has 0 spiro atoms. The highest BCUT2D eigenvalue weighted by atomic mass is 79.9. The molecule has 1 aromatic heterocycles. The van der Waals surface area contributed by atoms with Crippen LogP contribution >= 0.6 is 27.3 Å². The van der Waals surface area contributed by atoms with Crippen molar-refractivity contribution < 1.29 is 9.53 Å². The molecule has 0 aliphatic carbocycles. The third-order valence-corrected chi connectivity index (χ3v) is 5.03. The van der Waals surface area contributed by atoms with Crippen molar-refractivity contribution in [3.8, 4) is 5.75 Å². The normalized spacial score (nSPS) is 16.7. The van der Waals surface area contributed by atoms with E-state index < -0.39 is 6.04 Å². The van der Waals surface area contributed by atoms with Gasteiger partial charge in [0.15, 0.2) is 0 Å². The molecule has 0 radical (unpaired) electrons. The first-order valence-corrected chi connectivity index (χ1v) is 8.15. The van der Waals surface area contributed by atoms with Gasteiger partial charge in [0.05, 0.1) is 22.3 Å². The van der Waals surface area contributed by atoms with Crippen molar-refractivity contribution in [2.24, 2.45) is 5.73 Å². The van der Waals surface area contributed by atoms with Crippen LogP contribution in [-0.4, -0.2) is 17.5 Å². The van der Waals surface area contributed by atoms with E-state index >= 15 is 0 Å². The average molecular weight is 368 g/mol. The topological polar surface area (TPSA) is 77.2 Å². The van der Waals surface area contributed by atoms with Gasteiger partial charge in [-0.05, 0) is 28.9 Å². The highest BCUT2D eigenvalue weighted by Gasteiger charge is 2.28. The smallest absolute Gasteiger partial charge is 0.245 e. The van der Waals surface area contributed by atoms with Crippen LogP contribution < -0.4 is 15.8 Å². The Labute approximate surface area is 134 Å². The maximum Gasteiger partial charge on any atom is 0.245 e. The third kappa shape index (κ3) is 2.81. The standard InChI is InChI=1S/C14H14BrN3O2S/c1-7-12(21-6-17-7)2-3-20-11-5-10-8(4-9(11)15)13(16)14(19)18-10/h4-6,13H,2-3,16H2,1H3,(H,18,19). The molecular formula is C14H14BrN3O2S. The number of aryl methyl sites for hydroxylation is 1. The summed E-state index contributed by atoms with van der Waals surface area (Å²) in [6, 6.07) is 3.04. The van der Waals surface area contributed by atoms with Crippen LogP contribution in [0.25, 0.3) is 0 Å². The molecule has 2 heterocycles. The second kappa shape index (κ2) is 5.75. The van der Waals surface area contributed by atoms with E-state index in [0.29, 0.717) is 12.4 Å². The number of rotatable bonds is 4. The second-order valence-corrected chi connectivity index (χ2v) is 6.59. The molecule has 7 heteroatoms. The Kier molecular flexibility index (Phi) is 3.97. The molecule has 1 aromatic carbocycles. The van der Waals surface area contributed by atoms with Crippen LogP contribution in [0.5, 0.6) is 5.75 Å². The summed E-state index contributed by atoms with van der Waals surface area (Å²) in [4.78, 5) is 17.0. The predicted octanol–water partition coefficient (Wildman–Crippen LogP) is 2.79. The minimum atomic E-state index is -0.606. The number of nitrogens with two attached hydrogens (primary N) is 1. The predicted molar refractivity (Wildman–Crippen MR) is 85.8 cm³/mol. The quantitative estimate of drug-likeness (QED) is 0.870. The molecule has 0 saturated heterocycles. The van der Waals surface area contributed by atoms with Crippen LogP contribution in [0.3, 0.4) is 0 Å². The lowest BCUT2D eigenvalue weighted by atomic mass is 10.1. The van der Waals surface area contributed by atoms with E-state index in [1.807, 2.05) is 24.6 Å². The van der Waals surface area contributed by atoms with E-state index in [2.05, 4.69) is 26.2 Å². The monoisotopic (exact) mass is 367 g/mol. The molecule has 1 unspecified atom stereocenters. The van der Waals surface area contributed by atoms with Gasteiger partial charge in [-0.25, -0.2) is 4.98 Å². The zero-order valence-corrected chi connectivity index (χ0v) is 13.8. The second-order valence-electron chi connectivity index (χ2n) is 4.80. The molecular weight excluding hydrogens is 354 g/mol. The number of nitrogens with one attached hydrogen (secondary N) is 1. The van der Waals surface area contributed by atoms with E-state index in [4.69, 9.17) is 10.5 Å². The van der Waals surface area contributed by atoms with Crippen LogP contribution in [0.4, 0.5) is 5.69 Å². The number of hydrogen-bond acceptors (Lipinski definition) is 5. The fraction of sp³-hybridized carbons (Fsp3) is 0.286.